The maximum atomic E-state index is 6.50. The van der Waals surface area contributed by atoms with Crippen LogP contribution in [0.4, 0.5) is 0 Å². The summed E-state index contributed by atoms with van der Waals surface area (Å²) in [4.78, 5) is 0. The largest absolute Gasteiger partial charge is 0.488 e. The Kier molecular flexibility index (Phi) is 10.5. The van der Waals surface area contributed by atoms with Gasteiger partial charge in [0, 0.05) is 10.6 Å². The van der Waals surface area contributed by atoms with Gasteiger partial charge in [0.1, 0.15) is 24.7 Å². The van der Waals surface area contributed by atoms with Gasteiger partial charge in [-0.1, -0.05) is 158 Å². The fourth-order valence-electron chi connectivity index (χ4n) is 5.27. The molecule has 0 amide bonds. The van der Waals surface area contributed by atoms with E-state index in [-0.39, 0.29) is 0 Å². The molecule has 0 bridgehead atoms. The minimum Gasteiger partial charge on any atom is -0.488 e. The lowest BCUT2D eigenvalue weighted by Gasteiger charge is -2.26. The molecular weight excluding hydrogens is 574 g/mol. The second kappa shape index (κ2) is 15.5. The Labute approximate surface area is 263 Å². The molecule has 0 radical (unpaired) electrons. The summed E-state index contributed by atoms with van der Waals surface area (Å²) in [6.45, 7) is 1.11. The Hall–Kier alpha value is -4.22. The molecule has 0 aromatic heterocycles. The first-order valence-electron chi connectivity index (χ1n) is 15.0. The molecule has 2 atom stereocenters. The molecule has 0 saturated heterocycles. The third kappa shape index (κ3) is 7.83. The van der Waals surface area contributed by atoms with E-state index in [9.17, 15) is 0 Å². The Morgan fingerprint density at radius 2 is 0.659 bits per heavy atom. The van der Waals surface area contributed by atoms with E-state index in [1.54, 1.807) is 0 Å². The molecule has 0 saturated carbocycles. The predicted molar refractivity (Wildman–Crippen MR) is 189 cm³/mol. The third-order valence-corrected chi connectivity index (χ3v) is 12.9. The van der Waals surface area contributed by atoms with Crippen LogP contribution in [-0.2, 0) is 13.2 Å². The zero-order valence-corrected chi connectivity index (χ0v) is 26.5. The van der Waals surface area contributed by atoms with Crippen molar-refractivity contribution in [2.75, 3.05) is 12.3 Å². The quantitative estimate of drug-likeness (QED) is 0.122. The summed E-state index contributed by atoms with van der Waals surface area (Å²) in [5.74, 6) is 1.95. The summed E-state index contributed by atoms with van der Waals surface area (Å²) in [5, 5.41) is 5.33. The molecule has 4 heteroatoms. The first-order valence-corrected chi connectivity index (χ1v) is 18.1. The van der Waals surface area contributed by atoms with Crippen LogP contribution in [0.3, 0.4) is 0 Å². The lowest BCUT2D eigenvalue weighted by Crippen LogP contribution is -2.22. The van der Waals surface area contributed by atoms with Crippen LogP contribution in [0, 0.1) is 0 Å². The van der Waals surface area contributed by atoms with Crippen molar-refractivity contribution < 1.29 is 9.47 Å². The average molecular weight is 611 g/mol. The average Bonchev–Trinajstić information content (AvgIpc) is 3.10. The molecule has 0 aliphatic rings. The number of para-hydroxylation sites is 2. The predicted octanol–water partition coefficient (Wildman–Crippen LogP) is 8.41. The molecule has 44 heavy (non-hydrogen) atoms. The van der Waals surface area contributed by atoms with Gasteiger partial charge < -0.3 is 9.47 Å². The van der Waals surface area contributed by atoms with Crippen LogP contribution in [0.2, 0.25) is 0 Å². The van der Waals surface area contributed by atoms with Crippen LogP contribution in [0.5, 0.6) is 11.5 Å². The summed E-state index contributed by atoms with van der Waals surface area (Å²) in [6, 6.07) is 60.0. The molecule has 218 valence electrons. The fourth-order valence-corrected chi connectivity index (χ4v) is 10.8. The minimum absolute atomic E-state index is 0.554. The van der Waals surface area contributed by atoms with Crippen LogP contribution in [0.15, 0.2) is 170 Å². The highest BCUT2D eigenvalue weighted by atomic mass is 31.1. The van der Waals surface area contributed by atoms with E-state index in [1.807, 2.05) is 12.1 Å². The Bertz CT molecular complexity index is 1580. The van der Waals surface area contributed by atoms with E-state index >= 15 is 0 Å². The van der Waals surface area contributed by atoms with Crippen molar-refractivity contribution in [3.05, 3.63) is 181 Å². The van der Waals surface area contributed by atoms with Gasteiger partial charge in [-0.25, -0.2) is 0 Å². The van der Waals surface area contributed by atoms with E-state index < -0.39 is 15.8 Å². The lowest BCUT2D eigenvalue weighted by molar-refractivity contribution is 0.309. The number of benzene rings is 6. The van der Waals surface area contributed by atoms with Crippen LogP contribution in [-0.4, -0.2) is 12.3 Å². The van der Waals surface area contributed by atoms with E-state index in [2.05, 4.69) is 158 Å². The van der Waals surface area contributed by atoms with Gasteiger partial charge in [-0.15, -0.1) is 0 Å². The summed E-state index contributed by atoms with van der Waals surface area (Å²) < 4.78 is 13.0. The molecule has 6 aromatic carbocycles. The lowest BCUT2D eigenvalue weighted by atomic mass is 10.2. The van der Waals surface area contributed by atoms with Crippen LogP contribution in [0.1, 0.15) is 11.1 Å². The van der Waals surface area contributed by atoms with Crippen LogP contribution >= 0.6 is 15.8 Å². The van der Waals surface area contributed by atoms with Gasteiger partial charge in [-0.3, -0.25) is 0 Å². The molecule has 0 fully saturated rings. The number of rotatable bonds is 13. The summed E-state index contributed by atoms with van der Waals surface area (Å²) in [5.41, 5.74) is 2.34. The van der Waals surface area contributed by atoms with Gasteiger partial charge >= 0.3 is 0 Å². The second-order valence-corrected chi connectivity index (χ2v) is 15.1. The van der Waals surface area contributed by atoms with Crippen molar-refractivity contribution in [1.29, 1.82) is 0 Å². The second-order valence-electron chi connectivity index (χ2n) is 10.5. The minimum atomic E-state index is -0.669. The topological polar surface area (TPSA) is 18.5 Å². The highest BCUT2D eigenvalue weighted by Gasteiger charge is 2.23. The highest BCUT2D eigenvalue weighted by molar-refractivity contribution is 7.76. The van der Waals surface area contributed by atoms with Crippen molar-refractivity contribution in [2.45, 2.75) is 13.2 Å². The molecular formula is C40H36O2P2. The monoisotopic (exact) mass is 610 g/mol. The highest BCUT2D eigenvalue weighted by Crippen LogP contribution is 2.44. The third-order valence-electron chi connectivity index (χ3n) is 7.47. The Morgan fingerprint density at radius 3 is 1.05 bits per heavy atom. The zero-order chi connectivity index (χ0) is 29.8. The molecule has 0 N–H and O–H groups in total. The van der Waals surface area contributed by atoms with E-state index in [1.165, 1.54) is 32.3 Å². The maximum Gasteiger partial charge on any atom is 0.127 e. The van der Waals surface area contributed by atoms with Crippen molar-refractivity contribution in [3.8, 4) is 11.5 Å². The zero-order valence-electron chi connectivity index (χ0n) is 24.7. The van der Waals surface area contributed by atoms with E-state index in [0.717, 1.165) is 23.8 Å². The first kappa shape index (κ1) is 29.8. The van der Waals surface area contributed by atoms with Crippen LogP contribution in [0.25, 0.3) is 0 Å². The SMILES string of the molecule is c1ccc(COc2ccccc2P(CC[P@@](c2ccccc2)c2ccccc2OCc2ccccc2)c2ccccc2)cc1. The standard InChI is InChI=1S/C40H36O2P2/c1-5-17-33(18-6-1)31-41-37-25-13-15-27-39(37)43(35-21-9-3-10-22-35)29-30-44(36-23-11-4-12-24-36)40-28-16-14-26-38(40)42-32-34-19-7-2-8-20-34/h1-28H,29-32H2/t43-,44?/m0/s1. The molecule has 0 heterocycles. The molecule has 0 spiro atoms. The van der Waals surface area contributed by atoms with Gasteiger partial charge in [0.2, 0.25) is 0 Å². The van der Waals surface area contributed by atoms with Gasteiger partial charge in [0.15, 0.2) is 0 Å². The van der Waals surface area contributed by atoms with Gasteiger partial charge in [-0.2, -0.15) is 0 Å². The molecule has 2 nitrogen and oxygen atoms in total. The first-order chi connectivity index (χ1) is 21.8. The molecule has 0 aliphatic carbocycles. The molecule has 6 aromatic rings. The van der Waals surface area contributed by atoms with Crippen molar-refractivity contribution in [1.82, 2.24) is 0 Å². The Morgan fingerprint density at radius 1 is 0.341 bits per heavy atom. The Balaban J connectivity index is 1.31. The fraction of sp³-hybridized carbons (Fsp3) is 0.100. The van der Waals surface area contributed by atoms with Crippen molar-refractivity contribution >= 4 is 37.1 Å². The number of ether oxygens (including phenoxy) is 2. The molecule has 0 aliphatic heterocycles. The van der Waals surface area contributed by atoms with Gasteiger partial charge in [0.05, 0.1) is 0 Å². The number of hydrogen-bond acceptors (Lipinski definition) is 2. The van der Waals surface area contributed by atoms with E-state index in [4.69, 9.17) is 9.47 Å². The van der Waals surface area contributed by atoms with Crippen molar-refractivity contribution in [3.63, 3.8) is 0 Å². The van der Waals surface area contributed by atoms with Gasteiger partial charge in [0.25, 0.3) is 0 Å². The van der Waals surface area contributed by atoms with Crippen LogP contribution < -0.4 is 30.7 Å². The van der Waals surface area contributed by atoms with Gasteiger partial charge in [-0.05, 0) is 62.0 Å². The normalized spacial score (nSPS) is 12.3. The van der Waals surface area contributed by atoms with E-state index in [0.29, 0.717) is 13.2 Å². The molecule has 1 unspecified atom stereocenters. The summed E-state index contributed by atoms with van der Waals surface area (Å²) in [7, 11) is -1.34. The smallest absolute Gasteiger partial charge is 0.127 e. The van der Waals surface area contributed by atoms with Crippen molar-refractivity contribution in [2.24, 2.45) is 0 Å². The summed E-state index contributed by atoms with van der Waals surface area (Å²) in [6.07, 6.45) is 2.08. The molecule has 6 rings (SSSR count). The number of hydrogen-bond donors (Lipinski definition) is 0. The maximum absolute atomic E-state index is 6.50. The summed E-state index contributed by atoms with van der Waals surface area (Å²) >= 11 is 0.